The molecule has 1 aromatic carbocycles. The van der Waals surface area contributed by atoms with E-state index in [1.165, 1.54) is 0 Å². The van der Waals surface area contributed by atoms with Gasteiger partial charge in [0.05, 0.1) is 5.69 Å². The first-order valence-electron chi connectivity index (χ1n) is 6.85. The van der Waals surface area contributed by atoms with Crippen LogP contribution in [0.2, 0.25) is 0 Å². The molecule has 5 nitrogen and oxygen atoms in total. The highest BCUT2D eigenvalue weighted by Gasteiger charge is 2.09. The molecule has 0 saturated carbocycles. The second-order valence-electron chi connectivity index (χ2n) is 4.73. The third-order valence-electron chi connectivity index (χ3n) is 3.20. The molecule has 0 aliphatic rings. The van der Waals surface area contributed by atoms with E-state index in [1.807, 2.05) is 36.5 Å². The van der Waals surface area contributed by atoms with Crippen molar-refractivity contribution >= 4 is 21.8 Å². The van der Waals surface area contributed by atoms with E-state index in [1.54, 1.807) is 23.0 Å². The molecule has 0 fully saturated rings. The predicted molar refractivity (Wildman–Crippen MR) is 86.0 cm³/mol. The summed E-state index contributed by atoms with van der Waals surface area (Å²) in [5.74, 6) is 0.0970. The average Bonchev–Trinajstić information content (AvgIpc) is 3.19. The standard InChI is InChI=1S/C16H14BrN3O2/c17-15-7-6-14(22-15)16(21)18-10-8-12-2-4-13(5-3-12)20-11-1-9-19-20/h1-7,9,11H,8,10H2,(H,18,21). The summed E-state index contributed by atoms with van der Waals surface area (Å²) in [6.07, 6.45) is 4.40. The van der Waals surface area contributed by atoms with Crippen LogP contribution < -0.4 is 5.32 Å². The molecule has 0 aliphatic carbocycles. The normalized spacial score (nSPS) is 10.6. The zero-order chi connectivity index (χ0) is 15.4. The van der Waals surface area contributed by atoms with Crippen LogP contribution in [0.4, 0.5) is 0 Å². The maximum atomic E-state index is 11.8. The number of carbonyl (C=O) groups is 1. The molecule has 3 aromatic rings. The van der Waals surface area contributed by atoms with Crippen molar-refractivity contribution in [1.29, 1.82) is 0 Å². The number of halogens is 1. The van der Waals surface area contributed by atoms with Crippen LogP contribution >= 0.6 is 15.9 Å². The van der Waals surface area contributed by atoms with Crippen LogP contribution in [-0.2, 0) is 6.42 Å². The summed E-state index contributed by atoms with van der Waals surface area (Å²) in [5.41, 5.74) is 2.16. The van der Waals surface area contributed by atoms with Crippen molar-refractivity contribution in [2.24, 2.45) is 0 Å². The number of nitrogens with one attached hydrogen (secondary N) is 1. The van der Waals surface area contributed by atoms with Crippen molar-refractivity contribution in [2.45, 2.75) is 6.42 Å². The van der Waals surface area contributed by atoms with Crippen molar-refractivity contribution in [3.63, 3.8) is 0 Å². The maximum absolute atomic E-state index is 11.8. The molecule has 22 heavy (non-hydrogen) atoms. The molecule has 2 heterocycles. The first kappa shape index (κ1) is 14.6. The topological polar surface area (TPSA) is 60.1 Å². The first-order valence-corrected chi connectivity index (χ1v) is 7.64. The maximum Gasteiger partial charge on any atom is 0.287 e. The lowest BCUT2D eigenvalue weighted by molar-refractivity contribution is 0.0925. The van der Waals surface area contributed by atoms with Gasteiger partial charge in [0.15, 0.2) is 10.4 Å². The molecule has 3 rings (SSSR count). The lowest BCUT2D eigenvalue weighted by Crippen LogP contribution is -2.25. The SMILES string of the molecule is O=C(NCCc1ccc(-n2cccn2)cc1)c1ccc(Br)o1. The number of carbonyl (C=O) groups excluding carboxylic acids is 1. The van der Waals surface area contributed by atoms with Crippen molar-refractivity contribution < 1.29 is 9.21 Å². The Hall–Kier alpha value is -2.34. The Morgan fingerprint density at radius 2 is 2.05 bits per heavy atom. The quantitative estimate of drug-likeness (QED) is 0.760. The van der Waals surface area contributed by atoms with Crippen LogP contribution in [0, 0.1) is 0 Å². The van der Waals surface area contributed by atoms with Gasteiger partial charge in [0, 0.05) is 18.9 Å². The molecule has 0 aliphatic heterocycles. The summed E-state index contributed by atoms with van der Waals surface area (Å²) in [7, 11) is 0. The van der Waals surface area contributed by atoms with Gasteiger partial charge in [0.2, 0.25) is 0 Å². The molecule has 1 N–H and O–H groups in total. The Morgan fingerprint density at radius 3 is 2.68 bits per heavy atom. The number of amides is 1. The molecule has 2 aromatic heterocycles. The summed E-state index contributed by atoms with van der Waals surface area (Å²) < 4.78 is 7.55. The Balaban J connectivity index is 1.52. The van der Waals surface area contributed by atoms with E-state index < -0.39 is 0 Å². The average molecular weight is 360 g/mol. The fourth-order valence-electron chi connectivity index (χ4n) is 2.08. The minimum Gasteiger partial charge on any atom is -0.444 e. The Kier molecular flexibility index (Phi) is 4.39. The third kappa shape index (κ3) is 3.46. The predicted octanol–water partition coefficient (Wildman–Crippen LogP) is 3.20. The molecule has 0 unspecified atom stereocenters. The lowest BCUT2D eigenvalue weighted by atomic mass is 10.1. The number of rotatable bonds is 5. The van der Waals surface area contributed by atoms with Crippen LogP contribution in [0.5, 0.6) is 0 Å². The molecular formula is C16H14BrN3O2. The fraction of sp³-hybridized carbons (Fsp3) is 0.125. The third-order valence-corrected chi connectivity index (χ3v) is 3.63. The second kappa shape index (κ2) is 6.62. The number of hydrogen-bond donors (Lipinski definition) is 1. The van der Waals surface area contributed by atoms with Gasteiger partial charge in [-0.25, -0.2) is 4.68 Å². The second-order valence-corrected chi connectivity index (χ2v) is 5.51. The highest BCUT2D eigenvalue weighted by atomic mass is 79.9. The smallest absolute Gasteiger partial charge is 0.287 e. The minimum atomic E-state index is -0.209. The zero-order valence-corrected chi connectivity index (χ0v) is 13.3. The van der Waals surface area contributed by atoms with Crippen LogP contribution in [0.3, 0.4) is 0 Å². The summed E-state index contributed by atoms with van der Waals surface area (Å²) in [6.45, 7) is 0.554. The minimum absolute atomic E-state index is 0.209. The summed E-state index contributed by atoms with van der Waals surface area (Å²) >= 11 is 3.17. The molecular weight excluding hydrogens is 346 g/mol. The van der Waals surface area contributed by atoms with Crippen LogP contribution in [0.25, 0.3) is 5.69 Å². The van der Waals surface area contributed by atoms with Gasteiger partial charge in [0.25, 0.3) is 5.91 Å². The van der Waals surface area contributed by atoms with Crippen LogP contribution in [-0.4, -0.2) is 22.2 Å². The van der Waals surface area contributed by atoms with Gasteiger partial charge in [-0.2, -0.15) is 5.10 Å². The van der Waals surface area contributed by atoms with Crippen molar-refractivity contribution in [3.8, 4) is 5.69 Å². The van der Waals surface area contributed by atoms with E-state index in [0.717, 1.165) is 17.7 Å². The molecule has 0 atom stereocenters. The van der Waals surface area contributed by atoms with E-state index in [-0.39, 0.29) is 5.91 Å². The zero-order valence-electron chi connectivity index (χ0n) is 11.7. The van der Waals surface area contributed by atoms with E-state index in [9.17, 15) is 4.79 Å². The molecule has 0 spiro atoms. The summed E-state index contributed by atoms with van der Waals surface area (Å²) in [6, 6.07) is 13.3. The van der Waals surface area contributed by atoms with Crippen molar-refractivity contribution in [1.82, 2.24) is 15.1 Å². The highest BCUT2D eigenvalue weighted by Crippen LogP contribution is 2.14. The largest absolute Gasteiger partial charge is 0.444 e. The van der Waals surface area contributed by atoms with E-state index in [4.69, 9.17) is 4.42 Å². The molecule has 6 heteroatoms. The van der Waals surface area contributed by atoms with Gasteiger partial charge in [-0.15, -0.1) is 0 Å². The van der Waals surface area contributed by atoms with E-state index in [2.05, 4.69) is 26.3 Å². The number of hydrogen-bond acceptors (Lipinski definition) is 3. The van der Waals surface area contributed by atoms with Gasteiger partial charge >= 0.3 is 0 Å². The first-order chi connectivity index (χ1) is 10.7. The Morgan fingerprint density at radius 1 is 1.23 bits per heavy atom. The van der Waals surface area contributed by atoms with Crippen LogP contribution in [0.1, 0.15) is 16.1 Å². The van der Waals surface area contributed by atoms with Crippen molar-refractivity contribution in [3.05, 3.63) is 70.9 Å². The highest BCUT2D eigenvalue weighted by molar-refractivity contribution is 9.10. The number of nitrogens with zero attached hydrogens (tertiary/aromatic N) is 2. The van der Waals surface area contributed by atoms with Gasteiger partial charge in [-0.1, -0.05) is 12.1 Å². The Labute approximate surface area is 136 Å². The molecule has 1 amide bonds. The molecule has 0 saturated heterocycles. The summed E-state index contributed by atoms with van der Waals surface area (Å²) in [4.78, 5) is 11.8. The molecule has 0 bridgehead atoms. The monoisotopic (exact) mass is 359 g/mol. The lowest BCUT2D eigenvalue weighted by Gasteiger charge is -2.05. The Bertz CT molecular complexity index is 748. The summed E-state index contributed by atoms with van der Waals surface area (Å²) in [5, 5.41) is 7.01. The van der Waals surface area contributed by atoms with E-state index >= 15 is 0 Å². The van der Waals surface area contributed by atoms with Crippen molar-refractivity contribution in [2.75, 3.05) is 6.54 Å². The van der Waals surface area contributed by atoms with Gasteiger partial charge in [-0.3, -0.25) is 4.79 Å². The number of aromatic nitrogens is 2. The molecule has 112 valence electrons. The molecule has 0 radical (unpaired) electrons. The number of furan rings is 1. The fourth-order valence-corrected chi connectivity index (χ4v) is 2.39. The van der Waals surface area contributed by atoms with E-state index in [0.29, 0.717) is 17.0 Å². The van der Waals surface area contributed by atoms with Gasteiger partial charge < -0.3 is 9.73 Å². The van der Waals surface area contributed by atoms with Gasteiger partial charge in [0.1, 0.15) is 0 Å². The number of benzene rings is 1. The van der Waals surface area contributed by atoms with Gasteiger partial charge in [-0.05, 0) is 58.2 Å². The van der Waals surface area contributed by atoms with Crippen LogP contribution in [0.15, 0.2) is 63.9 Å².